The predicted molar refractivity (Wildman–Crippen MR) is 138 cm³/mol. The highest BCUT2D eigenvalue weighted by Crippen LogP contribution is 2.45. The molecule has 0 bridgehead atoms. The lowest BCUT2D eigenvalue weighted by molar-refractivity contribution is -0.132. The smallest absolute Gasteiger partial charge is 0.300 e. The molecule has 1 amide bonds. The Morgan fingerprint density at radius 2 is 1.67 bits per heavy atom. The Kier molecular flexibility index (Phi) is 7.43. The SMILES string of the molecule is CCOc1cc(C2/C(=C(\O)c3cc(OC)ccc3Cl)C(=O)C(=O)N2c2ccc(Cl)cc2)ccc1OC. The zero-order chi connectivity index (χ0) is 26.0. The molecule has 0 aliphatic carbocycles. The number of hydrogen-bond acceptors (Lipinski definition) is 6. The van der Waals surface area contributed by atoms with Gasteiger partial charge in [0.05, 0.1) is 37.5 Å². The van der Waals surface area contributed by atoms with Gasteiger partial charge in [-0.1, -0.05) is 29.3 Å². The van der Waals surface area contributed by atoms with Crippen molar-refractivity contribution in [3.8, 4) is 17.2 Å². The summed E-state index contributed by atoms with van der Waals surface area (Å²) < 4.78 is 16.4. The molecule has 4 rings (SSSR count). The molecule has 1 heterocycles. The number of methoxy groups -OCH3 is 2. The molecule has 3 aromatic rings. The minimum absolute atomic E-state index is 0.127. The fourth-order valence-corrected chi connectivity index (χ4v) is 4.44. The molecule has 0 spiro atoms. The number of carbonyl (C=O) groups excluding carboxylic acids is 2. The maximum Gasteiger partial charge on any atom is 0.300 e. The number of anilines is 1. The summed E-state index contributed by atoms with van der Waals surface area (Å²) in [5.74, 6) is -0.754. The van der Waals surface area contributed by atoms with Crippen molar-refractivity contribution in [2.45, 2.75) is 13.0 Å². The number of rotatable bonds is 7. The van der Waals surface area contributed by atoms with Crippen LogP contribution in [0.3, 0.4) is 0 Å². The zero-order valence-electron chi connectivity index (χ0n) is 19.7. The number of hydrogen-bond donors (Lipinski definition) is 1. The minimum atomic E-state index is -0.987. The highest BCUT2D eigenvalue weighted by atomic mass is 35.5. The largest absolute Gasteiger partial charge is 0.507 e. The molecule has 1 unspecified atom stereocenters. The summed E-state index contributed by atoms with van der Waals surface area (Å²) in [5, 5.41) is 12.0. The van der Waals surface area contributed by atoms with Crippen LogP contribution in [0.4, 0.5) is 5.69 Å². The number of ketones is 1. The first-order valence-corrected chi connectivity index (χ1v) is 11.8. The summed E-state index contributed by atoms with van der Waals surface area (Å²) in [4.78, 5) is 28.1. The molecular weight excluding hydrogens is 505 g/mol. The van der Waals surface area contributed by atoms with Gasteiger partial charge in [0.15, 0.2) is 11.5 Å². The topological polar surface area (TPSA) is 85.3 Å². The summed E-state index contributed by atoms with van der Waals surface area (Å²) in [6.07, 6.45) is 0. The number of aliphatic hydroxyl groups is 1. The Morgan fingerprint density at radius 1 is 0.944 bits per heavy atom. The summed E-state index contributed by atoms with van der Waals surface area (Å²) in [7, 11) is 2.99. The van der Waals surface area contributed by atoms with Crippen molar-refractivity contribution in [3.63, 3.8) is 0 Å². The number of Topliss-reactive ketones (excluding diaryl/α,β-unsaturated/α-hetero) is 1. The van der Waals surface area contributed by atoms with Crippen molar-refractivity contribution in [3.05, 3.63) is 87.4 Å². The fourth-order valence-electron chi connectivity index (χ4n) is 4.11. The van der Waals surface area contributed by atoms with Crippen molar-refractivity contribution in [2.75, 3.05) is 25.7 Å². The van der Waals surface area contributed by atoms with Gasteiger partial charge in [-0.25, -0.2) is 0 Å². The maximum atomic E-state index is 13.4. The molecule has 1 fully saturated rings. The average Bonchev–Trinajstić information content (AvgIpc) is 3.15. The van der Waals surface area contributed by atoms with Gasteiger partial charge in [-0.3, -0.25) is 14.5 Å². The van der Waals surface area contributed by atoms with Gasteiger partial charge in [0.1, 0.15) is 11.5 Å². The van der Waals surface area contributed by atoms with Gasteiger partial charge in [0.2, 0.25) is 0 Å². The number of benzene rings is 3. The summed E-state index contributed by atoms with van der Waals surface area (Å²) in [5.41, 5.74) is 0.983. The predicted octanol–water partition coefficient (Wildman–Crippen LogP) is 6.04. The first-order valence-electron chi connectivity index (χ1n) is 11.0. The van der Waals surface area contributed by atoms with Gasteiger partial charge >= 0.3 is 0 Å². The minimum Gasteiger partial charge on any atom is -0.507 e. The lowest BCUT2D eigenvalue weighted by Crippen LogP contribution is -2.29. The van der Waals surface area contributed by atoms with E-state index in [2.05, 4.69) is 0 Å². The number of carbonyl (C=O) groups is 2. The van der Waals surface area contributed by atoms with E-state index in [1.807, 2.05) is 6.92 Å². The zero-order valence-corrected chi connectivity index (χ0v) is 21.3. The van der Waals surface area contributed by atoms with E-state index in [1.165, 1.54) is 25.2 Å². The lowest BCUT2D eigenvalue weighted by atomic mass is 9.94. The van der Waals surface area contributed by atoms with E-state index >= 15 is 0 Å². The number of nitrogens with zero attached hydrogens (tertiary/aromatic N) is 1. The lowest BCUT2D eigenvalue weighted by Gasteiger charge is -2.26. The summed E-state index contributed by atoms with van der Waals surface area (Å²) in [6.45, 7) is 2.20. The fraction of sp³-hybridized carbons (Fsp3) is 0.185. The molecule has 36 heavy (non-hydrogen) atoms. The van der Waals surface area contributed by atoms with Crippen LogP contribution in [0.1, 0.15) is 24.1 Å². The second-order valence-corrected chi connectivity index (χ2v) is 8.68. The van der Waals surface area contributed by atoms with Crippen molar-refractivity contribution in [1.29, 1.82) is 0 Å². The van der Waals surface area contributed by atoms with Crippen LogP contribution in [0.5, 0.6) is 17.2 Å². The maximum absolute atomic E-state index is 13.4. The third-order valence-electron chi connectivity index (χ3n) is 5.78. The third kappa shape index (κ3) is 4.59. The number of aliphatic hydroxyl groups excluding tert-OH is 1. The number of halogens is 2. The first kappa shape index (κ1) is 25.4. The Bertz CT molecular complexity index is 1350. The van der Waals surface area contributed by atoms with Crippen molar-refractivity contribution in [1.82, 2.24) is 0 Å². The van der Waals surface area contributed by atoms with Crippen LogP contribution < -0.4 is 19.1 Å². The van der Waals surface area contributed by atoms with E-state index in [9.17, 15) is 14.7 Å². The molecule has 7 nitrogen and oxygen atoms in total. The van der Waals surface area contributed by atoms with Gasteiger partial charge in [-0.05, 0) is 67.1 Å². The van der Waals surface area contributed by atoms with Gasteiger partial charge in [-0.15, -0.1) is 0 Å². The third-order valence-corrected chi connectivity index (χ3v) is 6.36. The molecule has 0 saturated carbocycles. The van der Waals surface area contributed by atoms with E-state index in [4.69, 9.17) is 37.4 Å². The Balaban J connectivity index is 1.99. The normalized spacial score (nSPS) is 16.8. The summed E-state index contributed by atoms with van der Waals surface area (Å²) >= 11 is 12.4. The van der Waals surface area contributed by atoms with Crippen LogP contribution >= 0.6 is 23.2 Å². The average molecular weight is 528 g/mol. The molecule has 9 heteroatoms. The van der Waals surface area contributed by atoms with Crippen molar-refractivity contribution >= 4 is 46.3 Å². The van der Waals surface area contributed by atoms with E-state index < -0.39 is 23.5 Å². The van der Waals surface area contributed by atoms with Gasteiger partial charge in [0.25, 0.3) is 11.7 Å². The van der Waals surface area contributed by atoms with E-state index in [0.717, 1.165) is 0 Å². The van der Waals surface area contributed by atoms with Gasteiger partial charge in [0, 0.05) is 16.3 Å². The molecule has 1 N–H and O–H groups in total. The van der Waals surface area contributed by atoms with Gasteiger partial charge < -0.3 is 19.3 Å². The molecule has 0 aromatic heterocycles. The Labute approximate surface area is 218 Å². The van der Waals surface area contributed by atoms with Crippen LogP contribution in [0.15, 0.2) is 66.2 Å². The van der Waals surface area contributed by atoms with Crippen molar-refractivity contribution in [2.24, 2.45) is 0 Å². The van der Waals surface area contributed by atoms with E-state index in [1.54, 1.807) is 54.6 Å². The number of ether oxygens (including phenoxy) is 3. The van der Waals surface area contributed by atoms with Crippen LogP contribution in [0.25, 0.3) is 5.76 Å². The van der Waals surface area contributed by atoms with E-state index in [0.29, 0.717) is 40.1 Å². The molecule has 1 saturated heterocycles. The van der Waals surface area contributed by atoms with Gasteiger partial charge in [-0.2, -0.15) is 0 Å². The first-order chi connectivity index (χ1) is 17.3. The van der Waals surface area contributed by atoms with Crippen LogP contribution in [-0.2, 0) is 9.59 Å². The molecule has 1 aliphatic rings. The molecule has 1 atom stereocenters. The quantitative estimate of drug-likeness (QED) is 0.229. The second-order valence-electron chi connectivity index (χ2n) is 7.83. The summed E-state index contributed by atoms with van der Waals surface area (Å²) in [6, 6.07) is 15.3. The molecule has 0 radical (unpaired) electrons. The standard InChI is InChI=1S/C27H23Cl2NO6/c1-4-36-22-13-15(5-12-21(22)35-3)24-23(25(31)19-14-18(34-2)10-11-20(19)29)26(32)27(33)30(24)17-8-6-16(28)7-9-17/h5-14,24,31H,4H2,1-3H3/b25-23+. The molecule has 1 aliphatic heterocycles. The monoisotopic (exact) mass is 527 g/mol. The molecular formula is C27H23Cl2NO6. The Morgan fingerprint density at radius 3 is 2.31 bits per heavy atom. The number of amides is 1. The van der Waals surface area contributed by atoms with Crippen LogP contribution in [-0.4, -0.2) is 37.6 Å². The highest BCUT2D eigenvalue weighted by Gasteiger charge is 2.47. The highest BCUT2D eigenvalue weighted by molar-refractivity contribution is 6.52. The van der Waals surface area contributed by atoms with E-state index in [-0.39, 0.29) is 16.2 Å². The molecule has 186 valence electrons. The second kappa shape index (κ2) is 10.5. The van der Waals surface area contributed by atoms with Crippen LogP contribution in [0, 0.1) is 0 Å². The molecule has 3 aromatic carbocycles. The van der Waals surface area contributed by atoms with Crippen molar-refractivity contribution < 1.29 is 28.9 Å². The van der Waals surface area contributed by atoms with Crippen LogP contribution in [0.2, 0.25) is 10.0 Å². The Hall–Kier alpha value is -3.68.